The minimum atomic E-state index is 0.485. The van der Waals surface area contributed by atoms with Crippen molar-refractivity contribution in [2.75, 3.05) is 18.1 Å². The van der Waals surface area contributed by atoms with Crippen LogP contribution in [-0.4, -0.2) is 29.1 Å². The van der Waals surface area contributed by atoms with Crippen LogP contribution in [0.2, 0.25) is 5.02 Å². The summed E-state index contributed by atoms with van der Waals surface area (Å²) in [5.74, 6) is 3.10. The van der Waals surface area contributed by atoms with Crippen LogP contribution >= 0.6 is 23.4 Å². The van der Waals surface area contributed by atoms with Gasteiger partial charge in [-0.2, -0.15) is 11.8 Å². The van der Waals surface area contributed by atoms with Crippen LogP contribution in [0.3, 0.4) is 0 Å². The third-order valence-corrected chi connectivity index (χ3v) is 4.47. The summed E-state index contributed by atoms with van der Waals surface area (Å²) in [6.07, 6.45) is 4.51. The van der Waals surface area contributed by atoms with Crippen molar-refractivity contribution < 1.29 is 0 Å². The molecule has 1 heterocycles. The minimum Gasteiger partial charge on any atom is -0.313 e. The second kappa shape index (κ2) is 8.78. The largest absolute Gasteiger partial charge is 0.313 e. The number of nitrogens with zero attached hydrogens (tertiary/aromatic N) is 1. The van der Waals surface area contributed by atoms with Crippen LogP contribution in [0.25, 0.3) is 0 Å². The Kier molecular flexibility index (Phi) is 7.71. The van der Waals surface area contributed by atoms with E-state index in [-0.39, 0.29) is 0 Å². The van der Waals surface area contributed by atoms with Crippen molar-refractivity contribution in [1.82, 2.24) is 10.3 Å². The highest BCUT2D eigenvalue weighted by atomic mass is 35.5. The smallest absolute Gasteiger partial charge is 0.0621 e. The highest BCUT2D eigenvalue weighted by Crippen LogP contribution is 2.17. The van der Waals surface area contributed by atoms with Gasteiger partial charge in [0, 0.05) is 24.2 Å². The molecule has 1 unspecified atom stereocenters. The maximum absolute atomic E-state index is 6.16. The fraction of sp³-hybridized carbons (Fsp3) is 0.643. The predicted octanol–water partition coefficient (Wildman–Crippen LogP) is 3.64. The molecule has 0 aliphatic heterocycles. The van der Waals surface area contributed by atoms with Crippen LogP contribution in [0.15, 0.2) is 18.5 Å². The van der Waals surface area contributed by atoms with Crippen molar-refractivity contribution in [1.29, 1.82) is 0 Å². The SMILES string of the molecule is CCNC(CSCC(C)C)Cc1ccncc1Cl. The number of hydrogen-bond donors (Lipinski definition) is 1. The van der Waals surface area contributed by atoms with Crippen LogP contribution in [0, 0.1) is 5.92 Å². The first-order valence-corrected chi connectivity index (χ1v) is 8.06. The predicted molar refractivity (Wildman–Crippen MR) is 82.6 cm³/mol. The zero-order chi connectivity index (χ0) is 13.4. The van der Waals surface area contributed by atoms with E-state index in [1.807, 2.05) is 24.0 Å². The van der Waals surface area contributed by atoms with Crippen LogP contribution in [0.4, 0.5) is 0 Å². The van der Waals surface area contributed by atoms with Crippen molar-refractivity contribution in [3.8, 4) is 0 Å². The van der Waals surface area contributed by atoms with Gasteiger partial charge in [0.15, 0.2) is 0 Å². The lowest BCUT2D eigenvalue weighted by molar-refractivity contribution is 0.572. The number of likely N-dealkylation sites (N-methyl/N-ethyl adjacent to an activating group) is 1. The van der Waals surface area contributed by atoms with Gasteiger partial charge < -0.3 is 5.32 Å². The average molecular weight is 287 g/mol. The van der Waals surface area contributed by atoms with Crippen molar-refractivity contribution >= 4 is 23.4 Å². The fourth-order valence-electron chi connectivity index (χ4n) is 1.76. The maximum Gasteiger partial charge on any atom is 0.0621 e. The molecule has 0 saturated heterocycles. The lowest BCUT2D eigenvalue weighted by Crippen LogP contribution is -2.33. The summed E-state index contributed by atoms with van der Waals surface area (Å²) in [4.78, 5) is 4.03. The molecule has 0 radical (unpaired) electrons. The molecule has 0 bridgehead atoms. The third kappa shape index (κ3) is 6.07. The number of hydrogen-bond acceptors (Lipinski definition) is 3. The molecule has 1 N–H and O–H groups in total. The Balaban J connectivity index is 2.49. The number of pyridine rings is 1. The van der Waals surface area contributed by atoms with E-state index in [2.05, 4.69) is 31.1 Å². The molecule has 1 rings (SSSR count). The Morgan fingerprint density at radius 1 is 1.39 bits per heavy atom. The molecule has 102 valence electrons. The Bertz CT molecular complexity index is 344. The van der Waals surface area contributed by atoms with Gasteiger partial charge in [-0.05, 0) is 36.3 Å². The van der Waals surface area contributed by atoms with Gasteiger partial charge in [-0.25, -0.2) is 0 Å². The van der Waals surface area contributed by atoms with Gasteiger partial charge in [0.1, 0.15) is 0 Å². The van der Waals surface area contributed by atoms with Gasteiger partial charge in [-0.1, -0.05) is 32.4 Å². The van der Waals surface area contributed by atoms with E-state index in [9.17, 15) is 0 Å². The van der Waals surface area contributed by atoms with Crippen molar-refractivity contribution in [3.05, 3.63) is 29.0 Å². The lowest BCUT2D eigenvalue weighted by atomic mass is 10.1. The molecule has 18 heavy (non-hydrogen) atoms. The fourth-order valence-corrected chi connectivity index (χ4v) is 3.08. The molecule has 0 aliphatic rings. The first kappa shape index (κ1) is 15.8. The van der Waals surface area contributed by atoms with Gasteiger partial charge in [0.2, 0.25) is 0 Å². The molecule has 0 aromatic carbocycles. The summed E-state index contributed by atoms with van der Waals surface area (Å²) < 4.78 is 0. The summed E-state index contributed by atoms with van der Waals surface area (Å²) in [5, 5.41) is 4.30. The number of aromatic nitrogens is 1. The zero-order valence-corrected chi connectivity index (χ0v) is 13.0. The van der Waals surface area contributed by atoms with E-state index in [0.717, 1.165) is 29.7 Å². The maximum atomic E-state index is 6.16. The Morgan fingerprint density at radius 3 is 2.78 bits per heavy atom. The summed E-state index contributed by atoms with van der Waals surface area (Å²) in [5.41, 5.74) is 1.18. The first-order chi connectivity index (χ1) is 8.63. The van der Waals surface area contributed by atoms with Gasteiger partial charge in [-0.3, -0.25) is 4.98 Å². The molecule has 1 aromatic heterocycles. The monoisotopic (exact) mass is 286 g/mol. The quantitative estimate of drug-likeness (QED) is 0.790. The molecular formula is C14H23ClN2S. The molecule has 0 spiro atoms. The molecule has 2 nitrogen and oxygen atoms in total. The van der Waals surface area contributed by atoms with Crippen molar-refractivity contribution in [3.63, 3.8) is 0 Å². The second-order valence-corrected chi connectivity index (χ2v) is 6.34. The summed E-state index contributed by atoms with van der Waals surface area (Å²) in [6.45, 7) is 7.66. The van der Waals surface area contributed by atoms with Crippen molar-refractivity contribution in [2.24, 2.45) is 5.92 Å². The molecule has 0 aliphatic carbocycles. The van der Waals surface area contributed by atoms with E-state index in [0.29, 0.717) is 6.04 Å². The van der Waals surface area contributed by atoms with Crippen LogP contribution in [-0.2, 0) is 6.42 Å². The second-order valence-electron chi connectivity index (χ2n) is 4.86. The van der Waals surface area contributed by atoms with Crippen molar-refractivity contribution in [2.45, 2.75) is 33.2 Å². The molecule has 0 amide bonds. The minimum absolute atomic E-state index is 0.485. The Morgan fingerprint density at radius 2 is 2.17 bits per heavy atom. The standard InChI is InChI=1S/C14H23ClN2S/c1-4-17-13(10-18-9-11(2)3)7-12-5-6-16-8-14(12)15/h5-6,8,11,13,17H,4,7,9-10H2,1-3H3. The van der Waals surface area contributed by atoms with E-state index in [1.165, 1.54) is 11.3 Å². The number of rotatable bonds is 8. The average Bonchev–Trinajstić information content (AvgIpc) is 2.32. The number of halogens is 1. The number of thioether (sulfide) groups is 1. The van der Waals surface area contributed by atoms with E-state index >= 15 is 0 Å². The number of nitrogens with one attached hydrogen (secondary N) is 1. The molecule has 1 atom stereocenters. The normalized spacial score (nSPS) is 12.9. The topological polar surface area (TPSA) is 24.9 Å². The molecular weight excluding hydrogens is 264 g/mol. The van der Waals surface area contributed by atoms with Crippen LogP contribution in [0.5, 0.6) is 0 Å². The van der Waals surface area contributed by atoms with Crippen LogP contribution < -0.4 is 5.32 Å². The van der Waals surface area contributed by atoms with Gasteiger partial charge in [0.05, 0.1) is 5.02 Å². The molecule has 1 aromatic rings. The summed E-state index contributed by atoms with van der Waals surface area (Å²) in [6, 6.07) is 2.50. The van der Waals surface area contributed by atoms with Gasteiger partial charge in [0.25, 0.3) is 0 Å². The highest BCUT2D eigenvalue weighted by molar-refractivity contribution is 7.99. The van der Waals surface area contributed by atoms with Crippen LogP contribution in [0.1, 0.15) is 26.3 Å². The van der Waals surface area contributed by atoms with E-state index in [1.54, 1.807) is 6.20 Å². The molecule has 0 fully saturated rings. The van der Waals surface area contributed by atoms with E-state index < -0.39 is 0 Å². The Hall–Kier alpha value is -0.250. The van der Waals surface area contributed by atoms with Gasteiger partial charge >= 0.3 is 0 Å². The van der Waals surface area contributed by atoms with E-state index in [4.69, 9.17) is 11.6 Å². The first-order valence-electron chi connectivity index (χ1n) is 6.53. The summed E-state index contributed by atoms with van der Waals surface area (Å²) in [7, 11) is 0. The summed E-state index contributed by atoms with van der Waals surface area (Å²) >= 11 is 8.17. The molecule has 4 heteroatoms. The van der Waals surface area contributed by atoms with Gasteiger partial charge in [-0.15, -0.1) is 0 Å². The Labute approximate surface area is 120 Å². The lowest BCUT2D eigenvalue weighted by Gasteiger charge is -2.18. The zero-order valence-electron chi connectivity index (χ0n) is 11.4. The third-order valence-electron chi connectivity index (χ3n) is 2.59. The molecule has 0 saturated carbocycles. The highest BCUT2D eigenvalue weighted by Gasteiger charge is 2.11.